The van der Waals surface area contributed by atoms with Crippen molar-refractivity contribution in [1.82, 2.24) is 15.0 Å². The molecular weight excluding hydrogens is 769 g/mol. The van der Waals surface area contributed by atoms with Gasteiger partial charge in [-0.15, -0.1) is 0 Å². The maximum Gasteiger partial charge on any atom is 0.164 e. The van der Waals surface area contributed by atoms with E-state index in [2.05, 4.69) is 133 Å². The van der Waals surface area contributed by atoms with Crippen molar-refractivity contribution in [3.63, 3.8) is 0 Å². The normalized spacial score (nSPS) is 11.8. The molecule has 63 heavy (non-hydrogen) atoms. The highest BCUT2D eigenvalue weighted by Gasteiger charge is 2.19. The molecule has 2 heterocycles. The molecule has 13 aromatic rings. The van der Waals surface area contributed by atoms with Crippen LogP contribution in [0, 0.1) is 11.3 Å². The summed E-state index contributed by atoms with van der Waals surface area (Å²) in [6.07, 6.45) is 0. The lowest BCUT2D eigenvalue weighted by molar-refractivity contribution is 0.631. The van der Waals surface area contributed by atoms with E-state index < -0.39 is 0 Å². The third-order valence-electron chi connectivity index (χ3n) is 12.6. The number of rotatable bonds is 5. The second-order valence-corrected chi connectivity index (χ2v) is 16.3. The molecule has 0 amide bonds. The van der Waals surface area contributed by atoms with Gasteiger partial charge in [0.2, 0.25) is 0 Å². The number of fused-ring (bicyclic) bond motifs is 3. The Morgan fingerprint density at radius 1 is 0.333 bits per heavy atom. The van der Waals surface area contributed by atoms with Crippen molar-refractivity contribution >= 4 is 75.6 Å². The van der Waals surface area contributed by atoms with Crippen LogP contribution in [0.25, 0.3) is 132 Å². The standard InChI is InChI=1S/C58H32N4O/c59-33-34-20-22-35(23-21-34)39-12-3-14-43(28-39)56-60-57(44-15-4-13-40(29-44)51-32-41-8-1-2-19-50(41)63-51)62-58(61-56)45-30-42-27-26-38-10-6-17-47-46-16-5-9-36-24-25-37-11-7-18-48(54(37)52(36)46)49(31-45)55(42)53(38)47/h1-32H. The molecule has 0 bridgehead atoms. The Kier molecular flexibility index (Phi) is 7.60. The van der Waals surface area contributed by atoms with Crippen LogP contribution in [-0.2, 0) is 0 Å². The van der Waals surface area contributed by atoms with Gasteiger partial charge in [-0.25, -0.2) is 15.0 Å². The van der Waals surface area contributed by atoms with Crippen molar-refractivity contribution in [3.05, 3.63) is 200 Å². The van der Waals surface area contributed by atoms with Crippen molar-refractivity contribution < 1.29 is 4.42 Å². The SMILES string of the molecule is N#Cc1ccc(-c2cccc(-c3nc(-c4cccc(-c5cc6ccccc6o5)c4)nc(-c4cc5ccc6cccc7c8cccc9ccc%10cccc(c(c4)c5c67)c%10c98)n3)c2)cc1. The summed E-state index contributed by atoms with van der Waals surface area (Å²) in [6, 6.07) is 70.0. The topological polar surface area (TPSA) is 75.6 Å². The van der Waals surface area contributed by atoms with E-state index in [4.69, 9.17) is 19.4 Å². The first-order chi connectivity index (χ1) is 31.1. The second kappa shape index (κ2) is 13.7. The van der Waals surface area contributed by atoms with Gasteiger partial charge in [-0.3, -0.25) is 0 Å². The molecule has 13 rings (SSSR count). The zero-order valence-corrected chi connectivity index (χ0v) is 33.7. The van der Waals surface area contributed by atoms with Gasteiger partial charge in [0.1, 0.15) is 11.3 Å². The molecule has 0 fully saturated rings. The van der Waals surface area contributed by atoms with Gasteiger partial charge in [0.25, 0.3) is 0 Å². The molecule has 5 nitrogen and oxygen atoms in total. The summed E-state index contributed by atoms with van der Waals surface area (Å²) in [5, 5.41) is 25.0. The van der Waals surface area contributed by atoms with Gasteiger partial charge in [0, 0.05) is 27.6 Å². The van der Waals surface area contributed by atoms with Gasteiger partial charge < -0.3 is 4.42 Å². The van der Waals surface area contributed by atoms with Crippen molar-refractivity contribution in [2.45, 2.75) is 0 Å². The van der Waals surface area contributed by atoms with Crippen LogP contribution in [-0.4, -0.2) is 15.0 Å². The molecule has 11 aromatic carbocycles. The molecule has 0 aliphatic carbocycles. The number of nitriles is 1. The number of para-hydroxylation sites is 1. The first kappa shape index (κ1) is 35.1. The highest BCUT2D eigenvalue weighted by molar-refractivity contribution is 6.37. The van der Waals surface area contributed by atoms with Gasteiger partial charge >= 0.3 is 0 Å². The minimum Gasteiger partial charge on any atom is -0.456 e. The Morgan fingerprint density at radius 3 is 1.44 bits per heavy atom. The van der Waals surface area contributed by atoms with Gasteiger partial charge in [-0.2, -0.15) is 5.26 Å². The Labute approximate surface area is 361 Å². The predicted octanol–water partition coefficient (Wildman–Crippen LogP) is 15.2. The fourth-order valence-electron chi connectivity index (χ4n) is 9.69. The third kappa shape index (κ3) is 5.59. The first-order valence-corrected chi connectivity index (χ1v) is 21.1. The lowest BCUT2D eigenvalue weighted by Crippen LogP contribution is -2.01. The van der Waals surface area contributed by atoms with Crippen molar-refractivity contribution in [3.8, 4) is 62.7 Å². The first-order valence-electron chi connectivity index (χ1n) is 21.1. The van der Waals surface area contributed by atoms with E-state index in [0.29, 0.717) is 23.0 Å². The summed E-state index contributed by atoms with van der Waals surface area (Å²) < 4.78 is 6.32. The number of furan rings is 1. The average molecular weight is 801 g/mol. The second-order valence-electron chi connectivity index (χ2n) is 16.3. The number of benzene rings is 10. The fourth-order valence-corrected chi connectivity index (χ4v) is 9.69. The van der Waals surface area contributed by atoms with E-state index >= 15 is 0 Å². The zero-order chi connectivity index (χ0) is 41.6. The van der Waals surface area contributed by atoms with E-state index in [9.17, 15) is 5.26 Å². The lowest BCUT2D eigenvalue weighted by atomic mass is 9.87. The molecule has 0 saturated carbocycles. The van der Waals surface area contributed by atoms with E-state index in [0.717, 1.165) is 60.9 Å². The summed E-state index contributed by atoms with van der Waals surface area (Å²) in [5.41, 5.74) is 6.99. The van der Waals surface area contributed by atoms with Crippen LogP contribution in [0.4, 0.5) is 0 Å². The van der Waals surface area contributed by atoms with Crippen LogP contribution >= 0.6 is 0 Å². The Balaban J connectivity index is 1.08. The summed E-state index contributed by atoms with van der Waals surface area (Å²) in [7, 11) is 0. The molecule has 290 valence electrons. The molecule has 0 radical (unpaired) electrons. The largest absolute Gasteiger partial charge is 0.456 e. The van der Waals surface area contributed by atoms with Gasteiger partial charge in [-0.05, 0) is 124 Å². The maximum absolute atomic E-state index is 9.45. The number of hydrogen-bond donors (Lipinski definition) is 0. The van der Waals surface area contributed by atoms with E-state index in [-0.39, 0.29) is 0 Å². The van der Waals surface area contributed by atoms with Crippen LogP contribution in [0.2, 0.25) is 0 Å². The molecule has 0 spiro atoms. The molecule has 0 saturated heterocycles. The molecule has 5 heteroatoms. The van der Waals surface area contributed by atoms with E-state index in [1.54, 1.807) is 0 Å². The quantitative estimate of drug-likeness (QED) is 0.162. The molecule has 0 atom stereocenters. The molecular formula is C58H32N4O. The Morgan fingerprint density at radius 2 is 0.825 bits per heavy atom. The van der Waals surface area contributed by atoms with Crippen molar-refractivity contribution in [2.75, 3.05) is 0 Å². The third-order valence-corrected chi connectivity index (χ3v) is 12.6. The zero-order valence-electron chi connectivity index (χ0n) is 33.7. The minimum absolute atomic E-state index is 0.557. The molecule has 0 aliphatic heterocycles. The van der Waals surface area contributed by atoms with E-state index in [1.807, 2.05) is 66.7 Å². The smallest absolute Gasteiger partial charge is 0.164 e. The van der Waals surface area contributed by atoms with E-state index in [1.165, 1.54) is 53.9 Å². The van der Waals surface area contributed by atoms with Crippen molar-refractivity contribution in [1.29, 1.82) is 5.26 Å². The summed E-state index contributed by atoms with van der Waals surface area (Å²) in [4.78, 5) is 15.8. The van der Waals surface area contributed by atoms with Crippen LogP contribution in [0.3, 0.4) is 0 Å². The fraction of sp³-hybridized carbons (Fsp3) is 0. The van der Waals surface area contributed by atoms with Crippen molar-refractivity contribution in [2.24, 2.45) is 0 Å². The summed E-state index contributed by atoms with van der Waals surface area (Å²) in [6.45, 7) is 0. The highest BCUT2D eigenvalue weighted by Crippen LogP contribution is 2.44. The number of hydrogen-bond acceptors (Lipinski definition) is 5. The monoisotopic (exact) mass is 800 g/mol. The lowest BCUT2D eigenvalue weighted by Gasteiger charge is -2.17. The summed E-state index contributed by atoms with van der Waals surface area (Å²) in [5.74, 6) is 2.47. The van der Waals surface area contributed by atoms with Gasteiger partial charge in [0.05, 0.1) is 11.6 Å². The predicted molar refractivity (Wildman–Crippen MR) is 258 cm³/mol. The minimum atomic E-state index is 0.557. The molecule has 0 aliphatic rings. The molecule has 0 unspecified atom stereocenters. The van der Waals surface area contributed by atoms with Crippen LogP contribution < -0.4 is 0 Å². The highest BCUT2D eigenvalue weighted by atomic mass is 16.3. The number of aromatic nitrogens is 3. The van der Waals surface area contributed by atoms with Crippen LogP contribution in [0.5, 0.6) is 0 Å². The molecule has 2 aromatic heterocycles. The molecule has 0 N–H and O–H groups in total. The van der Waals surface area contributed by atoms with Crippen LogP contribution in [0.15, 0.2) is 199 Å². The average Bonchev–Trinajstić information content (AvgIpc) is 3.80. The Hall–Kier alpha value is -8.72. The summed E-state index contributed by atoms with van der Waals surface area (Å²) >= 11 is 0. The van der Waals surface area contributed by atoms with Gasteiger partial charge in [0.15, 0.2) is 17.5 Å². The number of nitrogens with zero attached hydrogens (tertiary/aromatic N) is 4. The van der Waals surface area contributed by atoms with Gasteiger partial charge in [-0.1, -0.05) is 146 Å². The van der Waals surface area contributed by atoms with Crippen LogP contribution in [0.1, 0.15) is 5.56 Å². The maximum atomic E-state index is 9.45. The Bertz CT molecular complexity index is 4010.